The molecule has 12 atom stereocenters. The van der Waals surface area contributed by atoms with Gasteiger partial charge in [-0.05, 0) is 31.2 Å². The Balaban J connectivity index is 1.64. The first-order valence-electron chi connectivity index (χ1n) is 16.2. The number of ether oxygens (including phenoxy) is 5. The van der Waals surface area contributed by atoms with Crippen LogP contribution < -0.4 is 0 Å². The molecule has 2 saturated carbocycles. The Morgan fingerprint density at radius 1 is 1.09 bits per heavy atom. The summed E-state index contributed by atoms with van der Waals surface area (Å²) in [6, 6.07) is 1.73. The van der Waals surface area contributed by atoms with Crippen LogP contribution in [-0.2, 0) is 42.9 Å². The van der Waals surface area contributed by atoms with Crippen molar-refractivity contribution in [2.24, 2.45) is 39.9 Å². The maximum atomic E-state index is 13.7. The van der Waals surface area contributed by atoms with Crippen LogP contribution >= 0.6 is 0 Å². The van der Waals surface area contributed by atoms with Gasteiger partial charge in [-0.15, -0.1) is 0 Å². The van der Waals surface area contributed by atoms with Gasteiger partial charge >= 0.3 is 23.9 Å². The molecular formula is C34H46O12. The fourth-order valence-corrected chi connectivity index (χ4v) is 10.7. The number of hydrogen-bond donors (Lipinski definition) is 2. The van der Waals surface area contributed by atoms with Crippen molar-refractivity contribution in [1.82, 2.24) is 0 Å². The van der Waals surface area contributed by atoms with Crippen LogP contribution in [0.2, 0.25) is 0 Å². The van der Waals surface area contributed by atoms with Crippen molar-refractivity contribution in [2.45, 2.75) is 116 Å². The molecule has 0 unspecified atom stereocenters. The van der Waals surface area contributed by atoms with Crippen molar-refractivity contribution >= 4 is 23.9 Å². The van der Waals surface area contributed by atoms with Gasteiger partial charge in [-0.3, -0.25) is 19.2 Å². The molecule has 2 N–H and O–H groups in total. The third-order valence-corrected chi connectivity index (χ3v) is 12.9. The van der Waals surface area contributed by atoms with E-state index in [4.69, 9.17) is 28.1 Å². The number of rotatable bonds is 7. The molecule has 1 aromatic heterocycles. The molecule has 2 aliphatic carbocycles. The second-order valence-corrected chi connectivity index (χ2v) is 15.3. The first kappa shape index (κ1) is 33.0. The Morgan fingerprint density at radius 3 is 2.37 bits per heavy atom. The summed E-state index contributed by atoms with van der Waals surface area (Å²) in [5, 5.41) is 26.3. The topological polar surface area (TPSA) is 168 Å². The van der Waals surface area contributed by atoms with Crippen molar-refractivity contribution in [2.75, 3.05) is 7.11 Å². The number of furan rings is 1. The van der Waals surface area contributed by atoms with E-state index in [9.17, 15) is 29.4 Å². The Morgan fingerprint density at radius 2 is 1.78 bits per heavy atom. The first-order chi connectivity index (χ1) is 21.4. The number of cyclic esters (lactones) is 1. The van der Waals surface area contributed by atoms with E-state index in [0.29, 0.717) is 24.8 Å². The standard InChI is InChI=1S/C34H46O12/c1-9-17(2)26(38)45-28-32-20(10-12-30(6)22(32)15-24(37)44-25(30)19-11-13-42-16-19)31(7)21(14-23(36)41-8)29(4,5)27(43-18(3)35)33(28,39)34(31,40)46-32/h11,13,16-17,20-22,25,27-28,39-40H,9-10,12,14-15H2,1-8H3/t17-,20+,21+,22-,25+,27+,28+,30-,31-,32-,33+,34-/m1/s1. The summed E-state index contributed by atoms with van der Waals surface area (Å²) in [6.45, 7) is 12.0. The lowest BCUT2D eigenvalue weighted by atomic mass is 9.35. The molecule has 254 valence electrons. The molecule has 4 heterocycles. The maximum Gasteiger partial charge on any atom is 0.309 e. The molecule has 6 rings (SSSR count). The van der Waals surface area contributed by atoms with E-state index in [1.165, 1.54) is 26.6 Å². The molecule has 0 aromatic carbocycles. The number of fused-ring (bicyclic) bond motifs is 2. The van der Waals surface area contributed by atoms with Crippen LogP contribution in [0.15, 0.2) is 23.0 Å². The Labute approximate surface area is 268 Å². The summed E-state index contributed by atoms with van der Waals surface area (Å²) in [6.07, 6.45) is 0.268. The lowest BCUT2D eigenvalue weighted by molar-refractivity contribution is -0.385. The number of hydrogen-bond acceptors (Lipinski definition) is 12. The fourth-order valence-electron chi connectivity index (χ4n) is 10.7. The van der Waals surface area contributed by atoms with Gasteiger partial charge in [0.15, 0.2) is 11.7 Å². The summed E-state index contributed by atoms with van der Waals surface area (Å²) in [7, 11) is 1.27. The normalized spacial score (nSPS) is 45.6. The highest BCUT2D eigenvalue weighted by atomic mass is 16.7. The van der Waals surface area contributed by atoms with E-state index in [0.717, 1.165) is 0 Å². The summed E-state index contributed by atoms with van der Waals surface area (Å²) < 4.78 is 35.6. The minimum absolute atomic E-state index is 0.149. The predicted octanol–water partition coefficient (Wildman–Crippen LogP) is 3.62. The van der Waals surface area contributed by atoms with Gasteiger partial charge in [0.05, 0.1) is 32.0 Å². The minimum atomic E-state index is -2.49. The van der Waals surface area contributed by atoms with Crippen molar-refractivity contribution in [3.63, 3.8) is 0 Å². The highest BCUT2D eigenvalue weighted by Crippen LogP contribution is 2.82. The fraction of sp³-hybridized carbons (Fsp3) is 0.765. The van der Waals surface area contributed by atoms with Crippen LogP contribution in [0.4, 0.5) is 0 Å². The van der Waals surface area contributed by atoms with Gasteiger partial charge < -0.3 is 38.3 Å². The zero-order chi connectivity index (χ0) is 33.8. The van der Waals surface area contributed by atoms with Crippen molar-refractivity contribution in [3.8, 4) is 0 Å². The molecule has 0 amide bonds. The van der Waals surface area contributed by atoms with E-state index in [2.05, 4.69) is 0 Å². The number of carbonyl (C=O) groups excluding carboxylic acids is 4. The minimum Gasteiger partial charge on any atom is -0.472 e. The monoisotopic (exact) mass is 646 g/mol. The van der Waals surface area contributed by atoms with E-state index in [1.54, 1.807) is 33.8 Å². The van der Waals surface area contributed by atoms with Crippen LogP contribution in [0.25, 0.3) is 0 Å². The zero-order valence-electron chi connectivity index (χ0n) is 27.8. The van der Waals surface area contributed by atoms with E-state index < -0.39 is 99.1 Å². The second kappa shape index (κ2) is 10.3. The molecule has 3 saturated heterocycles. The predicted molar refractivity (Wildman–Crippen MR) is 157 cm³/mol. The average molecular weight is 647 g/mol. The molecule has 12 nitrogen and oxygen atoms in total. The summed E-state index contributed by atoms with van der Waals surface area (Å²) in [5.41, 5.74) is -6.84. The Bertz CT molecular complexity index is 1440. The Kier molecular flexibility index (Phi) is 7.36. The number of esters is 4. The molecule has 2 bridgehead atoms. The lowest BCUT2D eigenvalue weighted by Gasteiger charge is -2.70. The van der Waals surface area contributed by atoms with Gasteiger partial charge in [0.2, 0.25) is 5.79 Å². The van der Waals surface area contributed by atoms with Crippen LogP contribution in [0.3, 0.4) is 0 Å². The van der Waals surface area contributed by atoms with Crippen LogP contribution in [0.5, 0.6) is 0 Å². The molecule has 12 heteroatoms. The third kappa shape index (κ3) is 3.77. The summed E-state index contributed by atoms with van der Waals surface area (Å²) in [4.78, 5) is 53.0. The van der Waals surface area contributed by atoms with E-state index in [-0.39, 0.29) is 12.8 Å². The number of aliphatic hydroxyl groups is 2. The third-order valence-electron chi connectivity index (χ3n) is 12.9. The quantitative estimate of drug-likeness (QED) is 0.327. The molecule has 1 spiro atoms. The number of carbonyl (C=O) groups is 4. The van der Waals surface area contributed by atoms with Crippen LogP contribution in [0.1, 0.15) is 92.2 Å². The van der Waals surface area contributed by atoms with Gasteiger partial charge in [0.25, 0.3) is 0 Å². The lowest BCUT2D eigenvalue weighted by Crippen LogP contribution is -2.85. The van der Waals surface area contributed by atoms with Gasteiger partial charge in [-0.1, -0.05) is 41.5 Å². The summed E-state index contributed by atoms with van der Waals surface area (Å²) in [5.74, 6) is -7.57. The zero-order valence-corrected chi connectivity index (χ0v) is 27.8. The molecular weight excluding hydrogens is 600 g/mol. The molecule has 1 aromatic rings. The van der Waals surface area contributed by atoms with Crippen molar-refractivity contribution in [3.05, 3.63) is 24.2 Å². The molecule has 0 radical (unpaired) electrons. The number of methoxy groups -OCH3 is 1. The molecule has 5 aliphatic rings. The van der Waals surface area contributed by atoms with E-state index in [1.807, 2.05) is 13.8 Å². The second-order valence-electron chi connectivity index (χ2n) is 15.3. The van der Waals surface area contributed by atoms with Crippen LogP contribution in [0, 0.1) is 39.9 Å². The van der Waals surface area contributed by atoms with Gasteiger partial charge in [0.1, 0.15) is 17.8 Å². The first-order valence-corrected chi connectivity index (χ1v) is 16.2. The van der Waals surface area contributed by atoms with E-state index >= 15 is 0 Å². The highest BCUT2D eigenvalue weighted by molar-refractivity contribution is 5.74. The smallest absolute Gasteiger partial charge is 0.309 e. The molecule has 5 fully saturated rings. The molecule has 3 aliphatic heterocycles. The largest absolute Gasteiger partial charge is 0.472 e. The van der Waals surface area contributed by atoms with Crippen LogP contribution in [-0.4, -0.2) is 70.4 Å². The van der Waals surface area contributed by atoms with Gasteiger partial charge in [0, 0.05) is 47.0 Å². The average Bonchev–Trinajstić information content (AvgIpc) is 3.65. The van der Waals surface area contributed by atoms with Crippen molar-refractivity contribution in [1.29, 1.82) is 0 Å². The SMILES string of the molecule is CC[C@@H](C)C(=O)O[C@H]1[C@@]23O[C@]4(O)[C@](C)([C@@H]2CC[C@]2(C)[C@H]3CC(=O)O[C@H]2c2ccoc2)[C@@H](CC(=O)OC)C(C)(C)[C@H](OC(C)=O)[C@]14O. The highest BCUT2D eigenvalue weighted by Gasteiger charge is 2.96. The molecule has 46 heavy (non-hydrogen) atoms. The van der Waals surface area contributed by atoms with Crippen molar-refractivity contribution < 1.29 is 57.5 Å². The van der Waals surface area contributed by atoms with Gasteiger partial charge in [-0.2, -0.15) is 0 Å². The maximum absolute atomic E-state index is 13.7. The summed E-state index contributed by atoms with van der Waals surface area (Å²) >= 11 is 0. The Hall–Kier alpha value is -2.96. The van der Waals surface area contributed by atoms with Gasteiger partial charge in [-0.25, -0.2) is 0 Å².